The summed E-state index contributed by atoms with van der Waals surface area (Å²) in [5.74, 6) is 0.609. The van der Waals surface area contributed by atoms with Crippen LogP contribution < -0.4 is 14.8 Å². The van der Waals surface area contributed by atoms with Crippen molar-refractivity contribution in [2.75, 3.05) is 12.1 Å². The maximum Gasteiger partial charge on any atom is 0.278 e. The van der Waals surface area contributed by atoms with Crippen molar-refractivity contribution in [1.29, 1.82) is 0 Å². The Labute approximate surface area is 193 Å². The number of nitrogens with one attached hydrogen (secondary N) is 1. The lowest BCUT2D eigenvalue weighted by Crippen LogP contribution is -2.31. The molecule has 33 heavy (non-hydrogen) atoms. The van der Waals surface area contributed by atoms with E-state index in [1.807, 2.05) is 72.1 Å². The van der Waals surface area contributed by atoms with Crippen molar-refractivity contribution >= 4 is 45.2 Å². The number of amides is 2. The summed E-state index contributed by atoms with van der Waals surface area (Å²) in [6, 6.07) is 23.0. The predicted molar refractivity (Wildman–Crippen MR) is 127 cm³/mol. The molecular weight excluding hydrogens is 436 g/mol. The van der Waals surface area contributed by atoms with Crippen molar-refractivity contribution in [1.82, 2.24) is 4.90 Å². The Morgan fingerprint density at radius 1 is 0.879 bits per heavy atom. The topological polar surface area (TPSA) is 67.9 Å². The number of carbonyl (C=O) groups excluding carboxylic acids is 2. The molecule has 0 fully saturated rings. The second-order valence-electron chi connectivity index (χ2n) is 7.76. The largest absolute Gasteiger partial charge is 0.454 e. The minimum atomic E-state index is -0.353. The van der Waals surface area contributed by atoms with E-state index in [1.165, 1.54) is 16.2 Å². The fourth-order valence-corrected chi connectivity index (χ4v) is 4.94. The number of benzene rings is 3. The minimum absolute atomic E-state index is 0.143. The van der Waals surface area contributed by atoms with Crippen molar-refractivity contribution in [3.63, 3.8) is 0 Å². The highest BCUT2D eigenvalue weighted by atomic mass is 32.1. The number of thiophene rings is 1. The van der Waals surface area contributed by atoms with Crippen molar-refractivity contribution in [3.05, 3.63) is 94.3 Å². The zero-order chi connectivity index (χ0) is 22.4. The smallest absolute Gasteiger partial charge is 0.278 e. The van der Waals surface area contributed by atoms with E-state index in [4.69, 9.17) is 9.47 Å². The SMILES string of the molecule is O=C1C(Nc2cccc3ccccc23)=C(c2cccs2)C(=O)N1Cc1ccc2c(c1)OCO2. The Kier molecular flexibility index (Phi) is 4.62. The summed E-state index contributed by atoms with van der Waals surface area (Å²) in [4.78, 5) is 29.0. The average Bonchev–Trinajstić information content (AvgIpc) is 3.57. The molecule has 3 aromatic carbocycles. The molecule has 0 atom stereocenters. The Balaban J connectivity index is 1.38. The van der Waals surface area contributed by atoms with Gasteiger partial charge in [-0.1, -0.05) is 48.5 Å². The number of nitrogens with zero attached hydrogens (tertiary/aromatic N) is 1. The summed E-state index contributed by atoms with van der Waals surface area (Å²) in [5.41, 5.74) is 2.25. The van der Waals surface area contributed by atoms with Gasteiger partial charge in [-0.25, -0.2) is 0 Å². The van der Waals surface area contributed by atoms with Crippen LogP contribution in [0.5, 0.6) is 11.5 Å². The number of carbonyl (C=O) groups is 2. The molecule has 0 saturated heterocycles. The van der Waals surface area contributed by atoms with Gasteiger partial charge in [-0.3, -0.25) is 14.5 Å². The molecule has 3 heterocycles. The third-order valence-electron chi connectivity index (χ3n) is 5.76. The lowest BCUT2D eigenvalue weighted by molar-refractivity contribution is -0.137. The molecule has 1 aromatic heterocycles. The van der Waals surface area contributed by atoms with E-state index in [-0.39, 0.29) is 25.2 Å². The maximum atomic E-state index is 13.5. The van der Waals surface area contributed by atoms with Crippen molar-refractivity contribution < 1.29 is 19.1 Å². The van der Waals surface area contributed by atoms with E-state index >= 15 is 0 Å². The minimum Gasteiger partial charge on any atom is -0.454 e. The van der Waals surface area contributed by atoms with E-state index in [0.29, 0.717) is 22.8 Å². The quantitative estimate of drug-likeness (QED) is 0.429. The lowest BCUT2D eigenvalue weighted by Gasteiger charge is -2.16. The van der Waals surface area contributed by atoms with E-state index in [0.717, 1.165) is 26.9 Å². The van der Waals surface area contributed by atoms with Crippen molar-refractivity contribution in [3.8, 4) is 11.5 Å². The number of ether oxygens (including phenoxy) is 2. The number of imide groups is 1. The summed E-state index contributed by atoms with van der Waals surface area (Å²) >= 11 is 1.43. The van der Waals surface area contributed by atoms with Gasteiger partial charge < -0.3 is 14.8 Å². The van der Waals surface area contributed by atoms with Gasteiger partial charge in [0.05, 0.1) is 12.1 Å². The van der Waals surface area contributed by atoms with E-state index < -0.39 is 0 Å². The lowest BCUT2D eigenvalue weighted by atomic mass is 10.1. The zero-order valence-corrected chi connectivity index (χ0v) is 18.2. The molecule has 2 aliphatic heterocycles. The fourth-order valence-electron chi connectivity index (χ4n) is 4.18. The molecule has 0 bridgehead atoms. The molecule has 7 heteroatoms. The normalized spacial score (nSPS) is 15.1. The van der Waals surface area contributed by atoms with Gasteiger partial charge in [0, 0.05) is 16.0 Å². The first-order valence-electron chi connectivity index (χ1n) is 10.5. The summed E-state index contributed by atoms with van der Waals surface area (Å²) in [7, 11) is 0. The molecule has 6 rings (SSSR count). The van der Waals surface area contributed by atoms with E-state index in [1.54, 1.807) is 6.07 Å². The Morgan fingerprint density at radius 2 is 1.73 bits per heavy atom. The number of hydrogen-bond donors (Lipinski definition) is 1. The number of fused-ring (bicyclic) bond motifs is 2. The van der Waals surface area contributed by atoms with Gasteiger partial charge in [0.25, 0.3) is 11.8 Å². The van der Waals surface area contributed by atoms with Gasteiger partial charge in [0.1, 0.15) is 5.70 Å². The van der Waals surface area contributed by atoms with Gasteiger partial charge in [0.15, 0.2) is 11.5 Å². The van der Waals surface area contributed by atoms with Crippen LogP contribution in [-0.2, 0) is 16.1 Å². The highest BCUT2D eigenvalue weighted by molar-refractivity contribution is 7.11. The average molecular weight is 455 g/mol. The summed E-state index contributed by atoms with van der Waals surface area (Å²) in [5, 5.41) is 7.22. The van der Waals surface area contributed by atoms with Crippen LogP contribution >= 0.6 is 11.3 Å². The monoisotopic (exact) mass is 454 g/mol. The molecule has 4 aromatic rings. The first-order chi connectivity index (χ1) is 16.2. The van der Waals surface area contributed by atoms with Crippen LogP contribution in [0.25, 0.3) is 16.3 Å². The number of hydrogen-bond acceptors (Lipinski definition) is 6. The highest BCUT2D eigenvalue weighted by Gasteiger charge is 2.40. The molecule has 0 unspecified atom stereocenters. The summed E-state index contributed by atoms with van der Waals surface area (Å²) in [6.45, 7) is 0.313. The van der Waals surface area contributed by atoms with Crippen molar-refractivity contribution in [2.45, 2.75) is 6.54 Å². The van der Waals surface area contributed by atoms with Gasteiger partial charge in [-0.2, -0.15) is 0 Å². The van der Waals surface area contributed by atoms with Crippen LogP contribution in [-0.4, -0.2) is 23.5 Å². The van der Waals surface area contributed by atoms with Gasteiger partial charge in [-0.15, -0.1) is 11.3 Å². The molecule has 0 saturated carbocycles. The molecule has 6 nitrogen and oxygen atoms in total. The van der Waals surface area contributed by atoms with Crippen LogP contribution in [0.15, 0.2) is 83.9 Å². The van der Waals surface area contributed by atoms with Crippen molar-refractivity contribution in [2.24, 2.45) is 0 Å². The molecule has 0 radical (unpaired) electrons. The van der Waals surface area contributed by atoms with Crippen LogP contribution in [0.3, 0.4) is 0 Å². The second-order valence-corrected chi connectivity index (χ2v) is 8.71. The molecule has 0 spiro atoms. The Bertz CT molecular complexity index is 1440. The van der Waals surface area contributed by atoms with Crippen LogP contribution in [0, 0.1) is 0 Å². The third kappa shape index (κ3) is 3.34. The maximum absolute atomic E-state index is 13.5. The number of anilines is 1. The molecule has 2 aliphatic rings. The van der Waals surface area contributed by atoms with Gasteiger partial charge in [-0.05, 0) is 40.6 Å². The summed E-state index contributed by atoms with van der Waals surface area (Å²) < 4.78 is 10.8. The van der Waals surface area contributed by atoms with E-state index in [2.05, 4.69) is 5.32 Å². The zero-order valence-electron chi connectivity index (χ0n) is 17.4. The standard InChI is InChI=1S/C26H18N2O4S/c29-25-23(22-9-4-12-33-22)24(27-19-8-3-6-17-5-1-2-7-18(17)19)26(30)28(25)14-16-10-11-20-21(13-16)32-15-31-20/h1-13,27H,14-15H2. The summed E-state index contributed by atoms with van der Waals surface area (Å²) in [6.07, 6.45) is 0. The van der Waals surface area contributed by atoms with Crippen LogP contribution in [0.1, 0.15) is 10.4 Å². The van der Waals surface area contributed by atoms with Gasteiger partial charge >= 0.3 is 0 Å². The first kappa shape index (κ1) is 19.6. The Morgan fingerprint density at radius 3 is 2.61 bits per heavy atom. The molecule has 2 amide bonds. The second kappa shape index (κ2) is 7.79. The predicted octanol–water partition coefficient (Wildman–Crippen LogP) is 5.02. The molecule has 1 N–H and O–H groups in total. The fraction of sp³-hybridized carbons (Fsp3) is 0.0769. The van der Waals surface area contributed by atoms with Crippen LogP contribution in [0.2, 0.25) is 0 Å². The Hall–Kier alpha value is -4.10. The third-order valence-corrected chi connectivity index (χ3v) is 6.65. The highest BCUT2D eigenvalue weighted by Crippen LogP contribution is 2.37. The molecule has 162 valence electrons. The first-order valence-corrected chi connectivity index (χ1v) is 11.3. The molecular formula is C26H18N2O4S. The molecule has 0 aliphatic carbocycles. The van der Waals surface area contributed by atoms with Crippen LogP contribution in [0.4, 0.5) is 5.69 Å². The van der Waals surface area contributed by atoms with E-state index in [9.17, 15) is 9.59 Å². The van der Waals surface area contributed by atoms with Gasteiger partial charge in [0.2, 0.25) is 6.79 Å². The number of rotatable bonds is 5.